The lowest BCUT2D eigenvalue weighted by Crippen LogP contribution is -2.34. The second-order valence-electron chi connectivity index (χ2n) is 6.65. The summed E-state index contributed by atoms with van der Waals surface area (Å²) in [5, 5.41) is 0.453. The van der Waals surface area contributed by atoms with Crippen LogP contribution in [-0.4, -0.2) is 33.5 Å². The summed E-state index contributed by atoms with van der Waals surface area (Å²) in [5.74, 6) is 0.251. The minimum absolute atomic E-state index is 0.176. The summed E-state index contributed by atoms with van der Waals surface area (Å²) < 4.78 is 20.8. The number of nitrogens with zero attached hydrogens (tertiary/aromatic N) is 2. The van der Waals surface area contributed by atoms with Crippen LogP contribution >= 0.6 is 11.8 Å². The Morgan fingerprint density at radius 3 is 2.78 bits per heavy atom. The number of halogens is 1. The molecule has 3 aromatic rings. The van der Waals surface area contributed by atoms with Gasteiger partial charge >= 0.3 is 5.69 Å². The molecular weight excluding hydrogens is 369 g/mol. The highest BCUT2D eigenvalue weighted by molar-refractivity contribution is 7.99. The molecule has 0 aliphatic carbocycles. The smallest absolute Gasteiger partial charge is 0.328 e. The van der Waals surface area contributed by atoms with Gasteiger partial charge in [0.1, 0.15) is 5.82 Å². The van der Waals surface area contributed by atoms with E-state index in [2.05, 4.69) is 9.97 Å². The van der Waals surface area contributed by atoms with Crippen molar-refractivity contribution >= 4 is 22.7 Å². The summed E-state index contributed by atoms with van der Waals surface area (Å²) >= 11 is 1.53. The molecule has 1 N–H and O–H groups in total. The molecule has 140 valence electrons. The molecule has 1 aliphatic rings. The van der Waals surface area contributed by atoms with E-state index in [-0.39, 0.29) is 11.9 Å². The molecule has 6 nitrogen and oxygen atoms in total. The van der Waals surface area contributed by atoms with Crippen molar-refractivity contribution in [2.75, 3.05) is 12.9 Å². The molecular formula is C19H18FN3O3S. The molecule has 1 aromatic carbocycles. The van der Waals surface area contributed by atoms with Gasteiger partial charge in [0, 0.05) is 23.3 Å². The first-order valence-corrected chi connectivity index (χ1v) is 9.47. The number of hydrogen-bond acceptors (Lipinski definition) is 5. The van der Waals surface area contributed by atoms with Gasteiger partial charge in [0.15, 0.2) is 0 Å². The Hall–Kier alpha value is -2.45. The van der Waals surface area contributed by atoms with E-state index >= 15 is 0 Å². The third kappa shape index (κ3) is 2.89. The lowest BCUT2D eigenvalue weighted by Gasteiger charge is -2.16. The topological polar surface area (TPSA) is 77.0 Å². The molecule has 0 spiro atoms. The number of aromatic amines is 1. The Morgan fingerprint density at radius 2 is 2.07 bits per heavy atom. The van der Waals surface area contributed by atoms with Crippen molar-refractivity contribution in [3.05, 3.63) is 56.1 Å². The van der Waals surface area contributed by atoms with E-state index in [1.165, 1.54) is 18.0 Å². The van der Waals surface area contributed by atoms with Crippen LogP contribution < -0.4 is 11.2 Å². The molecule has 1 atom stereocenters. The van der Waals surface area contributed by atoms with E-state index in [9.17, 15) is 14.0 Å². The van der Waals surface area contributed by atoms with E-state index in [4.69, 9.17) is 4.74 Å². The molecule has 0 fully saturated rings. The third-order valence-electron chi connectivity index (χ3n) is 4.87. The molecule has 0 radical (unpaired) electrons. The van der Waals surface area contributed by atoms with E-state index in [1.807, 2.05) is 6.92 Å². The van der Waals surface area contributed by atoms with E-state index in [0.717, 1.165) is 16.0 Å². The zero-order chi connectivity index (χ0) is 19.3. The number of pyridine rings is 1. The Balaban J connectivity index is 2.13. The van der Waals surface area contributed by atoms with Crippen LogP contribution in [0.4, 0.5) is 4.39 Å². The van der Waals surface area contributed by atoms with Gasteiger partial charge in [-0.2, -0.15) is 0 Å². The van der Waals surface area contributed by atoms with E-state index < -0.39 is 11.2 Å². The number of ether oxygens (including phenoxy) is 1. The standard InChI is InChI=1S/C19H18FN3O3S/c1-9-5-14(21-6-13(9)20)15-10(2)4-12-16-17(15)27-8-11(26-3)7-23(16)19(25)22-18(12)24/h4-6,11H,7-8H2,1-3H3,(H,22,24,25)/t11-/m0/s1. The van der Waals surface area contributed by atoms with Crippen molar-refractivity contribution < 1.29 is 9.13 Å². The number of benzene rings is 1. The largest absolute Gasteiger partial charge is 0.379 e. The van der Waals surface area contributed by atoms with Crippen LogP contribution in [0.2, 0.25) is 0 Å². The predicted molar refractivity (Wildman–Crippen MR) is 103 cm³/mol. The van der Waals surface area contributed by atoms with Gasteiger partial charge < -0.3 is 4.74 Å². The third-order valence-corrected chi connectivity index (χ3v) is 6.09. The zero-order valence-electron chi connectivity index (χ0n) is 15.1. The van der Waals surface area contributed by atoms with Gasteiger partial charge in [0.25, 0.3) is 5.56 Å². The highest BCUT2D eigenvalue weighted by Gasteiger charge is 2.25. The molecule has 27 heavy (non-hydrogen) atoms. The molecule has 4 rings (SSSR count). The van der Waals surface area contributed by atoms with Crippen molar-refractivity contribution in [1.82, 2.24) is 14.5 Å². The van der Waals surface area contributed by atoms with Crippen molar-refractivity contribution in [2.45, 2.75) is 31.4 Å². The molecule has 2 aromatic heterocycles. The van der Waals surface area contributed by atoms with Crippen molar-refractivity contribution in [2.24, 2.45) is 0 Å². The zero-order valence-corrected chi connectivity index (χ0v) is 15.9. The van der Waals surface area contributed by atoms with E-state index in [0.29, 0.717) is 34.5 Å². The fourth-order valence-corrected chi connectivity index (χ4v) is 4.80. The van der Waals surface area contributed by atoms with Crippen LogP contribution in [0.1, 0.15) is 11.1 Å². The maximum atomic E-state index is 13.7. The predicted octanol–water partition coefficient (Wildman–Crippen LogP) is 2.63. The van der Waals surface area contributed by atoms with Gasteiger partial charge in [-0.1, -0.05) is 0 Å². The molecule has 0 saturated heterocycles. The van der Waals surface area contributed by atoms with Crippen molar-refractivity contribution in [1.29, 1.82) is 0 Å². The summed E-state index contributed by atoms with van der Waals surface area (Å²) in [4.78, 5) is 32.4. The van der Waals surface area contributed by atoms with Gasteiger partial charge in [-0.05, 0) is 37.1 Å². The molecule has 0 bridgehead atoms. The number of rotatable bonds is 2. The lowest BCUT2D eigenvalue weighted by atomic mass is 10.0. The summed E-state index contributed by atoms with van der Waals surface area (Å²) in [6.45, 7) is 3.92. The van der Waals surface area contributed by atoms with Crippen LogP contribution in [0.5, 0.6) is 0 Å². The number of hydrogen-bond donors (Lipinski definition) is 1. The highest BCUT2D eigenvalue weighted by Crippen LogP contribution is 2.40. The average molecular weight is 387 g/mol. The first-order chi connectivity index (χ1) is 12.9. The first kappa shape index (κ1) is 17.9. The average Bonchev–Trinajstić information content (AvgIpc) is 2.83. The Labute approximate surface area is 158 Å². The highest BCUT2D eigenvalue weighted by atomic mass is 32.2. The molecule has 1 aliphatic heterocycles. The number of nitrogens with one attached hydrogen (secondary N) is 1. The number of aromatic nitrogens is 3. The van der Waals surface area contributed by atoms with Crippen molar-refractivity contribution in [3.8, 4) is 11.3 Å². The van der Waals surface area contributed by atoms with E-state index in [1.54, 1.807) is 30.7 Å². The number of thioether (sulfide) groups is 1. The van der Waals surface area contributed by atoms with Crippen LogP contribution in [0.3, 0.4) is 0 Å². The second kappa shape index (κ2) is 6.61. The van der Waals surface area contributed by atoms with Crippen LogP contribution in [0, 0.1) is 19.7 Å². The van der Waals surface area contributed by atoms with Gasteiger partial charge in [-0.25, -0.2) is 9.18 Å². The minimum atomic E-state index is -0.462. The summed E-state index contributed by atoms with van der Waals surface area (Å²) in [6, 6.07) is 3.45. The van der Waals surface area contributed by atoms with Crippen LogP contribution in [0.15, 0.2) is 32.8 Å². The first-order valence-electron chi connectivity index (χ1n) is 8.49. The maximum absolute atomic E-state index is 13.7. The number of H-pyrrole nitrogens is 1. The SMILES string of the molecule is CO[C@@H]1CSc2c(-c3cc(C)c(F)cn3)c(C)cc3c(=O)[nH]c(=O)n(c23)C1. The number of methoxy groups -OCH3 is 1. The second-order valence-corrected chi connectivity index (χ2v) is 7.68. The molecule has 3 heterocycles. The van der Waals surface area contributed by atoms with Crippen LogP contribution in [-0.2, 0) is 11.3 Å². The number of aryl methyl sites for hydroxylation is 2. The Kier molecular flexibility index (Phi) is 4.39. The molecule has 0 unspecified atom stereocenters. The maximum Gasteiger partial charge on any atom is 0.328 e. The lowest BCUT2D eigenvalue weighted by molar-refractivity contribution is 0.107. The summed E-state index contributed by atoms with van der Waals surface area (Å²) in [7, 11) is 1.60. The summed E-state index contributed by atoms with van der Waals surface area (Å²) in [6.07, 6.45) is 1.02. The van der Waals surface area contributed by atoms with Gasteiger partial charge in [0.05, 0.1) is 35.4 Å². The Bertz CT molecular complexity index is 1190. The quantitative estimate of drug-likeness (QED) is 0.732. The molecule has 8 heteroatoms. The molecule has 0 saturated carbocycles. The summed E-state index contributed by atoms with van der Waals surface area (Å²) in [5.41, 5.74) is 2.46. The fraction of sp³-hybridized carbons (Fsp3) is 0.316. The van der Waals surface area contributed by atoms with Gasteiger partial charge in [-0.3, -0.25) is 19.3 Å². The Morgan fingerprint density at radius 1 is 1.30 bits per heavy atom. The van der Waals surface area contributed by atoms with Gasteiger partial charge in [-0.15, -0.1) is 11.8 Å². The van der Waals surface area contributed by atoms with Crippen LogP contribution in [0.25, 0.3) is 22.2 Å². The van der Waals surface area contributed by atoms with Gasteiger partial charge in [0.2, 0.25) is 0 Å². The fourth-order valence-electron chi connectivity index (χ4n) is 3.44. The minimum Gasteiger partial charge on any atom is -0.379 e. The molecule has 0 amide bonds. The van der Waals surface area contributed by atoms with Crippen molar-refractivity contribution in [3.63, 3.8) is 0 Å². The monoisotopic (exact) mass is 387 g/mol. The normalized spacial score (nSPS) is 16.5.